The molecule has 0 atom stereocenters. The zero-order valence-electron chi connectivity index (χ0n) is 23.8. The Labute approximate surface area is 252 Å². The van der Waals surface area contributed by atoms with Crippen molar-refractivity contribution >= 4 is 40.9 Å². The van der Waals surface area contributed by atoms with E-state index in [-0.39, 0.29) is 17.6 Å². The molecular weight excluding hydrogens is 546 g/mol. The lowest BCUT2D eigenvalue weighted by Crippen LogP contribution is -2.36. The minimum Gasteiger partial charge on any atom is -0.449 e. The highest BCUT2D eigenvalue weighted by Gasteiger charge is 2.30. The van der Waals surface area contributed by atoms with Gasteiger partial charge in [0.05, 0.1) is 12.2 Å². The minimum absolute atomic E-state index is 0.124. The normalized spacial score (nSPS) is 13.5. The maximum Gasteiger partial charge on any atom is 0.294 e. The number of hydrogen-bond donors (Lipinski definition) is 1. The van der Waals surface area contributed by atoms with E-state index in [0.717, 1.165) is 30.6 Å². The van der Waals surface area contributed by atoms with E-state index in [1.54, 1.807) is 23.1 Å². The number of nitrogens with one attached hydrogen (secondary N) is 1. The van der Waals surface area contributed by atoms with Gasteiger partial charge in [-0.15, -0.1) is 0 Å². The van der Waals surface area contributed by atoms with Gasteiger partial charge in [0.2, 0.25) is 0 Å². The number of nitrogens with zero attached hydrogens (tertiary/aromatic N) is 2. The van der Waals surface area contributed by atoms with Crippen LogP contribution in [-0.4, -0.2) is 31.4 Å². The summed E-state index contributed by atoms with van der Waals surface area (Å²) in [6, 6.07) is 30.5. The van der Waals surface area contributed by atoms with Gasteiger partial charge in [0.15, 0.2) is 11.5 Å². The number of ether oxygens (including phenoxy) is 1. The Morgan fingerprint density at radius 2 is 1.74 bits per heavy atom. The predicted molar refractivity (Wildman–Crippen MR) is 170 cm³/mol. The Morgan fingerprint density at radius 3 is 2.48 bits per heavy atom. The summed E-state index contributed by atoms with van der Waals surface area (Å²) in [5.41, 5.74) is 5.42. The van der Waals surface area contributed by atoms with Crippen LogP contribution in [0.25, 0.3) is 6.08 Å². The molecule has 0 fully saturated rings. The highest BCUT2D eigenvalue weighted by atomic mass is 35.5. The molecule has 1 heterocycles. The molecule has 5 rings (SSSR count). The van der Waals surface area contributed by atoms with Gasteiger partial charge in [-0.2, -0.15) is 0 Å². The maximum absolute atomic E-state index is 13.5. The summed E-state index contributed by atoms with van der Waals surface area (Å²) in [5.74, 6) is 0.462. The lowest BCUT2D eigenvalue weighted by atomic mass is 10.1. The van der Waals surface area contributed by atoms with Crippen molar-refractivity contribution < 1.29 is 14.3 Å². The van der Waals surface area contributed by atoms with Crippen LogP contribution < -0.4 is 19.9 Å². The summed E-state index contributed by atoms with van der Waals surface area (Å²) in [5, 5.41) is 3.66. The molecule has 42 heavy (non-hydrogen) atoms. The van der Waals surface area contributed by atoms with Crippen molar-refractivity contribution in [3.05, 3.63) is 130 Å². The molecule has 4 aromatic carbocycles. The summed E-state index contributed by atoms with van der Waals surface area (Å²) in [6.45, 7) is 6.96. The molecule has 214 valence electrons. The zero-order valence-corrected chi connectivity index (χ0v) is 24.6. The molecule has 7 heteroatoms. The summed E-state index contributed by atoms with van der Waals surface area (Å²) >= 11 is 6.05. The van der Waals surface area contributed by atoms with Gasteiger partial charge < -0.3 is 15.0 Å². The van der Waals surface area contributed by atoms with E-state index in [1.807, 2.05) is 60.7 Å². The van der Waals surface area contributed by atoms with E-state index in [4.69, 9.17) is 16.3 Å². The number of carbonyl (C=O) groups excluding carboxylic acids is 2. The van der Waals surface area contributed by atoms with Crippen LogP contribution in [0, 0.1) is 6.92 Å². The number of hydrogen-bond acceptors (Lipinski definition) is 4. The molecule has 0 spiro atoms. The third kappa shape index (κ3) is 7.01. The van der Waals surface area contributed by atoms with Gasteiger partial charge in [-0.05, 0) is 91.6 Å². The molecule has 0 saturated heterocycles. The monoisotopic (exact) mass is 579 g/mol. The van der Waals surface area contributed by atoms with Gasteiger partial charge in [0.25, 0.3) is 11.8 Å². The number of fused-ring (bicyclic) bond motifs is 1. The van der Waals surface area contributed by atoms with Crippen molar-refractivity contribution in [2.24, 2.45) is 0 Å². The van der Waals surface area contributed by atoms with E-state index in [0.29, 0.717) is 35.1 Å². The fourth-order valence-corrected chi connectivity index (χ4v) is 5.07. The molecule has 0 aromatic heterocycles. The molecule has 4 aromatic rings. The van der Waals surface area contributed by atoms with Gasteiger partial charge >= 0.3 is 0 Å². The molecule has 0 saturated carbocycles. The summed E-state index contributed by atoms with van der Waals surface area (Å²) < 4.78 is 6.01. The molecule has 1 aliphatic heterocycles. The van der Waals surface area contributed by atoms with Crippen molar-refractivity contribution in [1.29, 1.82) is 0 Å². The third-order valence-electron chi connectivity index (χ3n) is 7.20. The van der Waals surface area contributed by atoms with Crippen LogP contribution in [0.2, 0.25) is 5.02 Å². The van der Waals surface area contributed by atoms with Crippen LogP contribution in [0.5, 0.6) is 5.75 Å². The van der Waals surface area contributed by atoms with E-state index in [2.05, 4.69) is 48.3 Å². The second kappa shape index (κ2) is 13.4. The van der Waals surface area contributed by atoms with E-state index < -0.39 is 0 Å². The first-order valence-electron chi connectivity index (χ1n) is 14.2. The van der Waals surface area contributed by atoms with E-state index in [1.165, 1.54) is 11.3 Å². The quantitative estimate of drug-likeness (QED) is 0.159. The van der Waals surface area contributed by atoms with E-state index in [9.17, 15) is 9.59 Å². The Bertz CT molecular complexity index is 1580. The Hall–Kier alpha value is -4.55. The van der Waals surface area contributed by atoms with Crippen LogP contribution >= 0.6 is 11.6 Å². The number of anilines is 2. The molecule has 0 unspecified atom stereocenters. The van der Waals surface area contributed by atoms with Crippen molar-refractivity contribution in [1.82, 2.24) is 5.32 Å². The largest absolute Gasteiger partial charge is 0.449 e. The molecule has 0 aliphatic carbocycles. The maximum atomic E-state index is 13.5. The highest BCUT2D eigenvalue weighted by Crippen LogP contribution is 2.36. The molecule has 0 bridgehead atoms. The lowest BCUT2D eigenvalue weighted by molar-refractivity contribution is -0.117. The number of benzene rings is 4. The first kappa shape index (κ1) is 29.0. The first-order valence-corrected chi connectivity index (χ1v) is 14.5. The van der Waals surface area contributed by atoms with Gasteiger partial charge in [-0.1, -0.05) is 60.1 Å². The molecule has 1 aliphatic rings. The molecule has 6 nitrogen and oxygen atoms in total. The van der Waals surface area contributed by atoms with Crippen molar-refractivity contribution in [3.63, 3.8) is 0 Å². The average molecular weight is 580 g/mol. The number of para-hydroxylation sites is 2. The topological polar surface area (TPSA) is 61.9 Å². The van der Waals surface area contributed by atoms with Gasteiger partial charge in [0.1, 0.15) is 0 Å². The summed E-state index contributed by atoms with van der Waals surface area (Å²) in [6.07, 6.45) is 2.55. The lowest BCUT2D eigenvalue weighted by Gasteiger charge is -2.30. The molecular formula is C35H34ClN3O3. The number of rotatable bonds is 10. The molecule has 2 amide bonds. The van der Waals surface area contributed by atoms with Crippen LogP contribution in [0.3, 0.4) is 0 Å². The van der Waals surface area contributed by atoms with Crippen LogP contribution in [0.15, 0.2) is 103 Å². The van der Waals surface area contributed by atoms with E-state index >= 15 is 0 Å². The zero-order chi connectivity index (χ0) is 29.5. The standard InChI is InChI=1S/C35H34ClN3O3/c1-3-38(30-9-6-8-25(2)22-30)21-7-20-37-34(40)28-16-12-26(13-17-28)23-33-35(41)39(24-27-14-18-29(36)19-15-27)31-10-4-5-11-32(31)42-33/h4-6,8-19,22-23H,3,7,20-21,24H2,1-2H3,(H,37,40). The predicted octanol–water partition coefficient (Wildman–Crippen LogP) is 7.26. The number of amides is 2. The smallest absolute Gasteiger partial charge is 0.294 e. The SMILES string of the molecule is CCN(CCCNC(=O)c1ccc(C=C2Oc3ccccc3N(Cc3ccc(Cl)cc3)C2=O)cc1)c1cccc(C)c1. The molecule has 1 N–H and O–H groups in total. The fraction of sp³-hybridized carbons (Fsp3) is 0.200. The Kier molecular flexibility index (Phi) is 9.25. The minimum atomic E-state index is -0.239. The van der Waals surface area contributed by atoms with Crippen molar-refractivity contribution in [3.8, 4) is 5.75 Å². The fourth-order valence-electron chi connectivity index (χ4n) is 4.94. The van der Waals surface area contributed by atoms with Crippen LogP contribution in [0.4, 0.5) is 11.4 Å². The van der Waals surface area contributed by atoms with Crippen molar-refractivity contribution in [2.45, 2.75) is 26.8 Å². The number of carbonyl (C=O) groups is 2. The summed E-state index contributed by atoms with van der Waals surface area (Å²) in [7, 11) is 0. The molecule has 0 radical (unpaired) electrons. The van der Waals surface area contributed by atoms with Crippen LogP contribution in [0.1, 0.15) is 40.4 Å². The number of halogens is 1. The van der Waals surface area contributed by atoms with Gasteiger partial charge in [-0.25, -0.2) is 0 Å². The Balaban J connectivity index is 1.21. The number of aryl methyl sites for hydroxylation is 1. The first-order chi connectivity index (χ1) is 20.4. The average Bonchev–Trinajstić information content (AvgIpc) is 3.00. The van der Waals surface area contributed by atoms with Gasteiger partial charge in [0, 0.05) is 35.9 Å². The Morgan fingerprint density at radius 1 is 0.976 bits per heavy atom. The second-order valence-electron chi connectivity index (χ2n) is 10.2. The highest BCUT2D eigenvalue weighted by molar-refractivity contribution is 6.30. The van der Waals surface area contributed by atoms with Crippen molar-refractivity contribution in [2.75, 3.05) is 29.4 Å². The second-order valence-corrected chi connectivity index (χ2v) is 10.7. The van der Waals surface area contributed by atoms with Gasteiger partial charge in [-0.3, -0.25) is 14.5 Å². The van der Waals surface area contributed by atoms with Crippen LogP contribution in [-0.2, 0) is 11.3 Å². The summed E-state index contributed by atoms with van der Waals surface area (Å²) in [4.78, 5) is 30.3. The third-order valence-corrected chi connectivity index (χ3v) is 7.45.